The smallest absolute Gasteiger partial charge is 0.283 e. The monoisotopic (exact) mass is 299 g/mol. The summed E-state index contributed by atoms with van der Waals surface area (Å²) in [6.45, 7) is 4.74. The van der Waals surface area contributed by atoms with Gasteiger partial charge >= 0.3 is 0 Å². The van der Waals surface area contributed by atoms with Crippen molar-refractivity contribution in [3.63, 3.8) is 0 Å². The Morgan fingerprint density at radius 1 is 1.47 bits per heavy atom. The minimum atomic E-state index is -0.00930. The molecular formula is C15H22ClNOS. The number of nitrogens with one attached hydrogen (secondary N) is 1. The molecule has 0 heterocycles. The van der Waals surface area contributed by atoms with Crippen molar-refractivity contribution in [1.82, 2.24) is 5.32 Å². The predicted molar refractivity (Wildman–Crippen MR) is 84.2 cm³/mol. The molecule has 1 N–H and O–H groups in total. The number of amides is 1. The zero-order valence-corrected chi connectivity index (χ0v) is 13.2. The molecule has 0 spiro atoms. The Balaban J connectivity index is 2.40. The summed E-state index contributed by atoms with van der Waals surface area (Å²) in [5.41, 5.74) is 1.30. The summed E-state index contributed by atoms with van der Waals surface area (Å²) in [6.07, 6.45) is 4.25. The number of rotatable bonds is 7. The summed E-state index contributed by atoms with van der Waals surface area (Å²) in [6, 6.07) is 8.21. The lowest BCUT2D eigenvalue weighted by Gasteiger charge is -2.07. The largest absolute Gasteiger partial charge is 0.347 e. The fourth-order valence-electron chi connectivity index (χ4n) is 1.66. The first kappa shape index (κ1) is 16.4. The first-order chi connectivity index (χ1) is 9.11. The highest BCUT2D eigenvalue weighted by molar-refractivity contribution is 8.13. The van der Waals surface area contributed by atoms with Gasteiger partial charge in [0.05, 0.1) is 0 Å². The van der Waals surface area contributed by atoms with Crippen molar-refractivity contribution in [1.29, 1.82) is 0 Å². The van der Waals surface area contributed by atoms with Gasteiger partial charge in [-0.15, -0.1) is 11.6 Å². The number of carbonyl (C=O) groups is 1. The second-order valence-corrected chi connectivity index (χ2v) is 6.43. The van der Waals surface area contributed by atoms with Crippen molar-refractivity contribution in [2.24, 2.45) is 0 Å². The molecule has 0 bridgehead atoms. The summed E-state index contributed by atoms with van der Waals surface area (Å²) in [7, 11) is 0. The summed E-state index contributed by atoms with van der Waals surface area (Å²) in [4.78, 5) is 12.7. The molecule has 1 unspecified atom stereocenters. The van der Waals surface area contributed by atoms with Crippen molar-refractivity contribution in [3.05, 3.63) is 29.8 Å². The number of aryl methyl sites for hydroxylation is 1. The number of halogens is 1. The third-order valence-electron chi connectivity index (χ3n) is 2.74. The van der Waals surface area contributed by atoms with Crippen molar-refractivity contribution in [2.45, 2.75) is 49.8 Å². The van der Waals surface area contributed by atoms with Gasteiger partial charge in [0.15, 0.2) is 0 Å². The molecule has 0 aromatic heterocycles. The zero-order chi connectivity index (χ0) is 14.1. The average molecular weight is 300 g/mol. The molecule has 0 radical (unpaired) electrons. The van der Waals surface area contributed by atoms with Gasteiger partial charge in [-0.05, 0) is 55.6 Å². The summed E-state index contributed by atoms with van der Waals surface area (Å²) < 4.78 is 0. The molecule has 0 saturated heterocycles. The van der Waals surface area contributed by atoms with E-state index in [1.54, 1.807) is 0 Å². The third kappa shape index (κ3) is 7.48. The van der Waals surface area contributed by atoms with E-state index in [1.165, 1.54) is 30.2 Å². The van der Waals surface area contributed by atoms with Gasteiger partial charge < -0.3 is 5.32 Å². The number of carbonyl (C=O) groups excluding carboxylic acids is 1. The van der Waals surface area contributed by atoms with Gasteiger partial charge in [0.1, 0.15) is 0 Å². The van der Waals surface area contributed by atoms with E-state index in [4.69, 9.17) is 11.6 Å². The molecule has 1 atom stereocenters. The van der Waals surface area contributed by atoms with Crippen molar-refractivity contribution < 1.29 is 4.79 Å². The van der Waals surface area contributed by atoms with Gasteiger partial charge in [-0.1, -0.05) is 25.5 Å². The van der Waals surface area contributed by atoms with Crippen LogP contribution < -0.4 is 5.32 Å². The van der Waals surface area contributed by atoms with Gasteiger partial charge in [0.25, 0.3) is 5.24 Å². The number of thioether (sulfide) groups is 1. The average Bonchev–Trinajstić information content (AvgIpc) is 2.36. The van der Waals surface area contributed by atoms with Crippen molar-refractivity contribution >= 4 is 28.6 Å². The minimum absolute atomic E-state index is 0.00930. The van der Waals surface area contributed by atoms with Gasteiger partial charge in [0.2, 0.25) is 0 Å². The molecule has 0 aliphatic heterocycles. The molecule has 0 aliphatic carbocycles. The Hall–Kier alpha value is -0.670. The first-order valence-corrected chi connectivity index (χ1v) is 8.05. The molecule has 1 rings (SSSR count). The number of benzene rings is 1. The van der Waals surface area contributed by atoms with Crippen LogP contribution in [0.2, 0.25) is 0 Å². The van der Waals surface area contributed by atoms with Crippen LogP contribution >= 0.6 is 23.4 Å². The Morgan fingerprint density at radius 3 is 2.95 bits per heavy atom. The molecule has 4 heteroatoms. The zero-order valence-electron chi connectivity index (χ0n) is 11.6. The summed E-state index contributed by atoms with van der Waals surface area (Å²) in [5, 5.41) is 2.96. The minimum Gasteiger partial charge on any atom is -0.347 e. The maximum Gasteiger partial charge on any atom is 0.283 e. The van der Waals surface area contributed by atoms with E-state index in [0.29, 0.717) is 6.54 Å². The van der Waals surface area contributed by atoms with Crippen LogP contribution in [0.5, 0.6) is 0 Å². The second-order valence-electron chi connectivity index (χ2n) is 4.64. The topological polar surface area (TPSA) is 29.1 Å². The summed E-state index contributed by atoms with van der Waals surface area (Å²) in [5.74, 6) is 0. The normalized spacial score (nSPS) is 12.2. The molecule has 19 heavy (non-hydrogen) atoms. The molecule has 0 fully saturated rings. The Bertz CT molecular complexity index is 395. The van der Waals surface area contributed by atoms with Gasteiger partial charge in [-0.2, -0.15) is 0 Å². The van der Waals surface area contributed by atoms with Gasteiger partial charge in [-0.25, -0.2) is 0 Å². The standard InChI is InChI=1S/C15H22ClNOS/c1-3-4-6-13-7-5-8-14(11-13)19-15(18)17-10-9-12(2)16/h5,7-8,11-12H,3-4,6,9-10H2,1-2H3,(H,17,18). The van der Waals surface area contributed by atoms with Crippen LogP contribution in [0.3, 0.4) is 0 Å². The highest BCUT2D eigenvalue weighted by atomic mass is 35.5. The van der Waals surface area contributed by atoms with Crippen LogP contribution in [-0.2, 0) is 6.42 Å². The number of alkyl halides is 1. The van der Waals surface area contributed by atoms with Crippen LogP contribution in [0.25, 0.3) is 0 Å². The van der Waals surface area contributed by atoms with E-state index in [9.17, 15) is 4.79 Å². The van der Waals surface area contributed by atoms with Crippen molar-refractivity contribution in [3.8, 4) is 0 Å². The molecule has 106 valence electrons. The first-order valence-electron chi connectivity index (χ1n) is 6.80. The van der Waals surface area contributed by atoms with Crippen LogP contribution in [0.4, 0.5) is 4.79 Å². The van der Waals surface area contributed by atoms with E-state index in [0.717, 1.165) is 17.7 Å². The van der Waals surface area contributed by atoms with Crippen LogP contribution in [0, 0.1) is 0 Å². The molecule has 1 aromatic rings. The van der Waals surface area contributed by atoms with E-state index in [2.05, 4.69) is 24.4 Å². The van der Waals surface area contributed by atoms with Crippen LogP contribution in [-0.4, -0.2) is 17.2 Å². The second kappa shape index (κ2) is 9.27. The third-order valence-corrected chi connectivity index (χ3v) is 3.78. The van der Waals surface area contributed by atoms with Gasteiger partial charge in [0, 0.05) is 16.8 Å². The fourth-order valence-corrected chi connectivity index (χ4v) is 2.52. The lowest BCUT2D eigenvalue weighted by Crippen LogP contribution is -2.21. The molecule has 0 saturated carbocycles. The number of hydrogen-bond donors (Lipinski definition) is 1. The van der Waals surface area contributed by atoms with E-state index >= 15 is 0 Å². The fraction of sp³-hybridized carbons (Fsp3) is 0.533. The van der Waals surface area contributed by atoms with E-state index in [1.807, 2.05) is 19.1 Å². The number of unbranched alkanes of at least 4 members (excludes halogenated alkanes) is 1. The highest BCUT2D eigenvalue weighted by Gasteiger charge is 2.05. The number of hydrogen-bond acceptors (Lipinski definition) is 2. The molecule has 1 amide bonds. The summed E-state index contributed by atoms with van der Waals surface area (Å²) >= 11 is 7.08. The highest BCUT2D eigenvalue weighted by Crippen LogP contribution is 2.20. The lowest BCUT2D eigenvalue weighted by molar-refractivity contribution is 0.260. The molecule has 1 aromatic carbocycles. The Labute approximate surface area is 125 Å². The lowest BCUT2D eigenvalue weighted by atomic mass is 10.1. The predicted octanol–water partition coefficient (Wildman–Crippen LogP) is 4.85. The van der Waals surface area contributed by atoms with E-state index < -0.39 is 0 Å². The Morgan fingerprint density at radius 2 is 2.26 bits per heavy atom. The Kier molecular flexibility index (Phi) is 7.99. The maximum absolute atomic E-state index is 11.7. The van der Waals surface area contributed by atoms with Crippen LogP contribution in [0.15, 0.2) is 29.2 Å². The quantitative estimate of drug-likeness (QED) is 0.576. The SMILES string of the molecule is CCCCc1cccc(SC(=O)NCCC(C)Cl)c1. The van der Waals surface area contributed by atoms with Crippen LogP contribution in [0.1, 0.15) is 38.7 Å². The molecule has 2 nitrogen and oxygen atoms in total. The molecule has 0 aliphatic rings. The maximum atomic E-state index is 11.7. The van der Waals surface area contributed by atoms with E-state index in [-0.39, 0.29) is 10.6 Å². The van der Waals surface area contributed by atoms with Crippen molar-refractivity contribution in [2.75, 3.05) is 6.54 Å². The van der Waals surface area contributed by atoms with Gasteiger partial charge in [-0.3, -0.25) is 4.79 Å². The molecular weight excluding hydrogens is 278 g/mol.